The Balaban J connectivity index is 1.77. The second kappa shape index (κ2) is 6.11. The fraction of sp³-hybridized carbons (Fsp3) is 0.0526. The Kier molecular flexibility index (Phi) is 3.84. The van der Waals surface area contributed by atoms with Crippen LogP contribution in [0.2, 0.25) is 0 Å². The van der Waals surface area contributed by atoms with Crippen LogP contribution in [-0.2, 0) is 6.54 Å². The Bertz CT molecular complexity index is 855. The van der Waals surface area contributed by atoms with Crippen LogP contribution in [0.25, 0.3) is 10.8 Å². The Hall–Kier alpha value is -3.12. The normalized spacial score (nSPS) is 10.1. The van der Waals surface area contributed by atoms with E-state index in [-0.39, 0.29) is 5.91 Å². The number of nitriles is 1. The van der Waals surface area contributed by atoms with Gasteiger partial charge in [0.15, 0.2) is 0 Å². The molecule has 3 heteroatoms. The third-order valence-corrected chi connectivity index (χ3v) is 3.57. The molecule has 0 bridgehead atoms. The summed E-state index contributed by atoms with van der Waals surface area (Å²) in [5, 5.41) is 13.7. The van der Waals surface area contributed by atoms with Gasteiger partial charge in [-0.25, -0.2) is 0 Å². The van der Waals surface area contributed by atoms with E-state index in [2.05, 4.69) is 11.4 Å². The predicted octanol–water partition coefficient (Wildman–Crippen LogP) is 3.64. The number of carbonyl (C=O) groups is 1. The minimum Gasteiger partial charge on any atom is -0.348 e. The highest BCUT2D eigenvalue weighted by molar-refractivity contribution is 6.06. The summed E-state index contributed by atoms with van der Waals surface area (Å²) in [6.07, 6.45) is 0. The van der Waals surface area contributed by atoms with Crippen molar-refractivity contribution in [3.63, 3.8) is 0 Å². The van der Waals surface area contributed by atoms with Crippen molar-refractivity contribution in [3.8, 4) is 6.07 Å². The van der Waals surface area contributed by atoms with E-state index < -0.39 is 0 Å². The van der Waals surface area contributed by atoms with Gasteiger partial charge in [0.05, 0.1) is 11.6 Å². The molecule has 3 aromatic carbocycles. The van der Waals surface area contributed by atoms with Crippen LogP contribution >= 0.6 is 0 Å². The molecule has 0 unspecified atom stereocenters. The number of benzene rings is 3. The van der Waals surface area contributed by atoms with E-state index in [0.717, 1.165) is 16.3 Å². The lowest BCUT2D eigenvalue weighted by Crippen LogP contribution is -2.22. The van der Waals surface area contributed by atoms with Crippen LogP contribution in [0.15, 0.2) is 66.7 Å². The molecule has 3 aromatic rings. The van der Waals surface area contributed by atoms with Crippen LogP contribution in [0, 0.1) is 11.3 Å². The summed E-state index contributed by atoms with van der Waals surface area (Å²) in [7, 11) is 0. The third kappa shape index (κ3) is 2.82. The van der Waals surface area contributed by atoms with Gasteiger partial charge in [-0.1, -0.05) is 48.5 Å². The molecule has 3 rings (SSSR count). The minimum absolute atomic E-state index is 0.0961. The van der Waals surface area contributed by atoms with Crippen molar-refractivity contribution in [1.29, 1.82) is 5.26 Å². The Morgan fingerprint density at radius 2 is 1.68 bits per heavy atom. The first kappa shape index (κ1) is 13.8. The first-order valence-electron chi connectivity index (χ1n) is 7.03. The largest absolute Gasteiger partial charge is 0.348 e. The fourth-order valence-electron chi connectivity index (χ4n) is 2.40. The van der Waals surface area contributed by atoms with Crippen molar-refractivity contribution in [3.05, 3.63) is 83.4 Å². The summed E-state index contributed by atoms with van der Waals surface area (Å²) in [4.78, 5) is 12.4. The molecule has 0 atom stereocenters. The quantitative estimate of drug-likeness (QED) is 0.799. The smallest absolute Gasteiger partial charge is 0.252 e. The molecule has 3 nitrogen and oxygen atoms in total. The van der Waals surface area contributed by atoms with Crippen LogP contribution in [0.1, 0.15) is 21.5 Å². The zero-order valence-electron chi connectivity index (χ0n) is 11.9. The molecule has 22 heavy (non-hydrogen) atoms. The number of amides is 1. The second-order valence-electron chi connectivity index (χ2n) is 5.02. The molecule has 1 N–H and O–H groups in total. The zero-order valence-corrected chi connectivity index (χ0v) is 11.9. The molecule has 0 aliphatic heterocycles. The molecule has 0 heterocycles. The van der Waals surface area contributed by atoms with Crippen molar-refractivity contribution in [1.82, 2.24) is 5.32 Å². The highest BCUT2D eigenvalue weighted by Gasteiger charge is 2.09. The van der Waals surface area contributed by atoms with Gasteiger partial charge in [-0.2, -0.15) is 5.26 Å². The number of carbonyl (C=O) groups excluding carboxylic acids is 1. The van der Waals surface area contributed by atoms with Gasteiger partial charge in [0.1, 0.15) is 0 Å². The Morgan fingerprint density at radius 3 is 2.45 bits per heavy atom. The molecule has 0 aliphatic carbocycles. The van der Waals surface area contributed by atoms with E-state index >= 15 is 0 Å². The van der Waals surface area contributed by atoms with Crippen LogP contribution in [0.5, 0.6) is 0 Å². The lowest BCUT2D eigenvalue weighted by molar-refractivity contribution is 0.0952. The van der Waals surface area contributed by atoms with Gasteiger partial charge in [-0.3, -0.25) is 4.79 Å². The molecule has 106 valence electrons. The summed E-state index contributed by atoms with van der Waals surface area (Å²) in [5.74, 6) is -0.0961. The van der Waals surface area contributed by atoms with E-state index in [1.807, 2.05) is 54.6 Å². The SMILES string of the molecule is N#Cc1ccc(CNC(=O)c2cccc3ccccc23)cc1. The number of fused-ring (bicyclic) bond motifs is 1. The minimum atomic E-state index is -0.0961. The molecule has 0 aromatic heterocycles. The molecular formula is C19H14N2O. The summed E-state index contributed by atoms with van der Waals surface area (Å²) in [6, 6.07) is 22.8. The number of nitrogens with one attached hydrogen (secondary N) is 1. The highest BCUT2D eigenvalue weighted by Crippen LogP contribution is 2.18. The van der Waals surface area contributed by atoms with Crippen LogP contribution in [0.3, 0.4) is 0 Å². The van der Waals surface area contributed by atoms with Crippen LogP contribution in [-0.4, -0.2) is 5.91 Å². The maximum absolute atomic E-state index is 12.4. The van der Waals surface area contributed by atoms with E-state index in [9.17, 15) is 4.79 Å². The first-order valence-corrected chi connectivity index (χ1v) is 7.03. The van der Waals surface area contributed by atoms with E-state index in [1.165, 1.54) is 0 Å². The van der Waals surface area contributed by atoms with Crippen molar-refractivity contribution < 1.29 is 4.79 Å². The van der Waals surface area contributed by atoms with Gasteiger partial charge >= 0.3 is 0 Å². The lowest BCUT2D eigenvalue weighted by atomic mass is 10.0. The number of rotatable bonds is 3. The van der Waals surface area contributed by atoms with Crippen molar-refractivity contribution in [2.24, 2.45) is 0 Å². The predicted molar refractivity (Wildman–Crippen MR) is 86.3 cm³/mol. The van der Waals surface area contributed by atoms with Gasteiger partial charge in [-0.15, -0.1) is 0 Å². The number of hydrogen-bond acceptors (Lipinski definition) is 2. The lowest BCUT2D eigenvalue weighted by Gasteiger charge is -2.08. The van der Waals surface area contributed by atoms with E-state index in [1.54, 1.807) is 12.1 Å². The summed E-state index contributed by atoms with van der Waals surface area (Å²) in [6.45, 7) is 0.438. The van der Waals surface area contributed by atoms with Gasteiger partial charge in [0, 0.05) is 12.1 Å². The van der Waals surface area contributed by atoms with Crippen molar-refractivity contribution in [2.45, 2.75) is 6.54 Å². The van der Waals surface area contributed by atoms with Crippen LogP contribution in [0.4, 0.5) is 0 Å². The van der Waals surface area contributed by atoms with Crippen molar-refractivity contribution in [2.75, 3.05) is 0 Å². The van der Waals surface area contributed by atoms with Gasteiger partial charge in [0.2, 0.25) is 0 Å². The topological polar surface area (TPSA) is 52.9 Å². The molecule has 0 saturated heterocycles. The third-order valence-electron chi connectivity index (χ3n) is 3.57. The Labute approximate surface area is 128 Å². The highest BCUT2D eigenvalue weighted by atomic mass is 16.1. The maximum atomic E-state index is 12.4. The van der Waals surface area contributed by atoms with Gasteiger partial charge < -0.3 is 5.32 Å². The van der Waals surface area contributed by atoms with Crippen molar-refractivity contribution >= 4 is 16.7 Å². The Morgan fingerprint density at radius 1 is 0.955 bits per heavy atom. The molecule has 0 fully saturated rings. The fourth-order valence-corrected chi connectivity index (χ4v) is 2.40. The zero-order chi connectivity index (χ0) is 15.4. The summed E-state index contributed by atoms with van der Waals surface area (Å²) in [5.41, 5.74) is 2.25. The molecule has 0 saturated carbocycles. The van der Waals surface area contributed by atoms with E-state index in [4.69, 9.17) is 5.26 Å². The van der Waals surface area contributed by atoms with Gasteiger partial charge in [-0.05, 0) is 34.5 Å². The number of nitrogens with zero attached hydrogens (tertiary/aromatic N) is 1. The molecule has 0 spiro atoms. The molecule has 1 amide bonds. The van der Waals surface area contributed by atoms with Gasteiger partial charge in [0.25, 0.3) is 5.91 Å². The molecule has 0 aliphatic rings. The van der Waals surface area contributed by atoms with Crippen LogP contribution < -0.4 is 5.32 Å². The summed E-state index contributed by atoms with van der Waals surface area (Å²) >= 11 is 0. The van der Waals surface area contributed by atoms with E-state index in [0.29, 0.717) is 17.7 Å². The first-order chi connectivity index (χ1) is 10.8. The molecular weight excluding hydrogens is 272 g/mol. The summed E-state index contributed by atoms with van der Waals surface area (Å²) < 4.78 is 0. The molecule has 0 radical (unpaired) electrons. The standard InChI is InChI=1S/C19H14N2O/c20-12-14-8-10-15(11-9-14)13-21-19(22)18-7-3-5-16-4-1-2-6-17(16)18/h1-11H,13H2,(H,21,22). The second-order valence-corrected chi connectivity index (χ2v) is 5.02. The average molecular weight is 286 g/mol. The maximum Gasteiger partial charge on any atom is 0.252 e. The monoisotopic (exact) mass is 286 g/mol. The average Bonchev–Trinajstić information content (AvgIpc) is 2.59. The number of hydrogen-bond donors (Lipinski definition) is 1.